The molecule has 3 rings (SSSR count). The van der Waals surface area contributed by atoms with Crippen molar-refractivity contribution in [1.29, 1.82) is 0 Å². The first-order valence-corrected chi connectivity index (χ1v) is 7.68. The molecule has 0 unspecified atom stereocenters. The van der Waals surface area contributed by atoms with Gasteiger partial charge >= 0.3 is 0 Å². The minimum Gasteiger partial charge on any atom is -0.497 e. The van der Waals surface area contributed by atoms with Crippen molar-refractivity contribution in [1.82, 2.24) is 9.80 Å². The fraction of sp³-hybridized carbons (Fsp3) is 0.471. The maximum absolute atomic E-state index is 12.5. The van der Waals surface area contributed by atoms with Crippen molar-refractivity contribution < 1.29 is 13.9 Å². The molecule has 118 valence electrons. The number of nitrogens with zero attached hydrogens (tertiary/aromatic N) is 2. The number of carbonyl (C=O) groups is 1. The number of fused-ring (bicyclic) bond motifs is 1. The van der Waals surface area contributed by atoms with E-state index in [0.29, 0.717) is 6.42 Å². The van der Waals surface area contributed by atoms with Crippen molar-refractivity contribution in [2.24, 2.45) is 0 Å². The van der Waals surface area contributed by atoms with Gasteiger partial charge in [0.05, 0.1) is 19.8 Å². The summed E-state index contributed by atoms with van der Waals surface area (Å²) in [6.45, 7) is 3.64. The Kier molecular flexibility index (Phi) is 4.34. The molecule has 0 radical (unpaired) electrons. The monoisotopic (exact) mass is 302 g/mol. The van der Waals surface area contributed by atoms with Crippen LogP contribution in [0.5, 0.6) is 5.75 Å². The summed E-state index contributed by atoms with van der Waals surface area (Å²) < 4.78 is 10.8. The highest BCUT2D eigenvalue weighted by atomic mass is 16.5. The van der Waals surface area contributed by atoms with Crippen LogP contribution in [0.15, 0.2) is 28.9 Å². The SMILES string of the molecule is COc1ccc2c(CC(=O)N3CCCN(C)CC3)coc2c1. The molecule has 2 aromatic rings. The molecule has 1 aliphatic heterocycles. The normalized spacial score (nSPS) is 16.7. The summed E-state index contributed by atoms with van der Waals surface area (Å²) in [5.41, 5.74) is 1.71. The summed E-state index contributed by atoms with van der Waals surface area (Å²) in [6, 6.07) is 5.70. The van der Waals surface area contributed by atoms with Crippen molar-refractivity contribution in [3.05, 3.63) is 30.0 Å². The van der Waals surface area contributed by atoms with Crippen LogP contribution in [0.3, 0.4) is 0 Å². The topological polar surface area (TPSA) is 45.9 Å². The maximum Gasteiger partial charge on any atom is 0.227 e. The zero-order valence-electron chi connectivity index (χ0n) is 13.2. The number of furan rings is 1. The Labute approximate surface area is 130 Å². The van der Waals surface area contributed by atoms with Gasteiger partial charge in [-0.1, -0.05) is 0 Å². The van der Waals surface area contributed by atoms with Crippen molar-refractivity contribution in [3.63, 3.8) is 0 Å². The van der Waals surface area contributed by atoms with Gasteiger partial charge in [-0.2, -0.15) is 0 Å². The molecule has 1 amide bonds. The molecule has 0 N–H and O–H groups in total. The van der Waals surface area contributed by atoms with Crippen LogP contribution in [-0.4, -0.2) is 56.0 Å². The summed E-state index contributed by atoms with van der Waals surface area (Å²) in [5.74, 6) is 0.934. The predicted molar refractivity (Wildman–Crippen MR) is 85.2 cm³/mol. The van der Waals surface area contributed by atoms with E-state index in [1.165, 1.54) is 0 Å². The minimum absolute atomic E-state index is 0.175. The fourth-order valence-electron chi connectivity index (χ4n) is 2.90. The summed E-state index contributed by atoms with van der Waals surface area (Å²) in [6.07, 6.45) is 3.11. The van der Waals surface area contributed by atoms with E-state index in [1.54, 1.807) is 13.4 Å². The van der Waals surface area contributed by atoms with Gasteiger partial charge in [0, 0.05) is 36.7 Å². The van der Waals surface area contributed by atoms with E-state index < -0.39 is 0 Å². The highest BCUT2D eigenvalue weighted by Crippen LogP contribution is 2.26. The largest absolute Gasteiger partial charge is 0.497 e. The Balaban J connectivity index is 1.73. The molecule has 0 bridgehead atoms. The van der Waals surface area contributed by atoms with Crippen LogP contribution in [-0.2, 0) is 11.2 Å². The average Bonchev–Trinajstić information content (AvgIpc) is 2.78. The van der Waals surface area contributed by atoms with E-state index >= 15 is 0 Å². The lowest BCUT2D eigenvalue weighted by molar-refractivity contribution is -0.130. The van der Waals surface area contributed by atoms with Gasteiger partial charge in [0.25, 0.3) is 0 Å². The first-order chi connectivity index (χ1) is 10.7. The lowest BCUT2D eigenvalue weighted by Gasteiger charge is -2.20. The standard InChI is InChI=1S/C17H22N2O3/c1-18-6-3-7-19(9-8-18)17(20)10-13-12-22-16-11-14(21-2)4-5-15(13)16/h4-5,11-12H,3,6-10H2,1-2H3. The van der Waals surface area contributed by atoms with Crippen molar-refractivity contribution in [3.8, 4) is 5.75 Å². The minimum atomic E-state index is 0.175. The van der Waals surface area contributed by atoms with Gasteiger partial charge < -0.3 is 19.0 Å². The first kappa shape index (κ1) is 14.9. The Morgan fingerprint density at radius 2 is 2.14 bits per heavy atom. The fourth-order valence-corrected chi connectivity index (χ4v) is 2.90. The number of benzene rings is 1. The van der Waals surface area contributed by atoms with Crippen LogP contribution in [0, 0.1) is 0 Å². The number of rotatable bonds is 3. The Morgan fingerprint density at radius 3 is 2.95 bits per heavy atom. The second-order valence-corrected chi connectivity index (χ2v) is 5.84. The second-order valence-electron chi connectivity index (χ2n) is 5.84. The molecular weight excluding hydrogens is 280 g/mol. The molecule has 0 saturated carbocycles. The molecule has 2 heterocycles. The van der Waals surface area contributed by atoms with E-state index in [1.807, 2.05) is 23.1 Å². The van der Waals surface area contributed by atoms with Gasteiger partial charge in [-0.15, -0.1) is 0 Å². The van der Waals surface area contributed by atoms with Crippen LogP contribution in [0.1, 0.15) is 12.0 Å². The number of carbonyl (C=O) groups excluding carboxylic acids is 1. The molecule has 1 fully saturated rings. The van der Waals surface area contributed by atoms with Gasteiger partial charge in [0.15, 0.2) is 0 Å². The Hall–Kier alpha value is -2.01. The molecule has 0 spiro atoms. The molecule has 0 atom stereocenters. The molecule has 1 aromatic carbocycles. The van der Waals surface area contributed by atoms with E-state index in [2.05, 4.69) is 11.9 Å². The summed E-state index contributed by atoms with van der Waals surface area (Å²) in [4.78, 5) is 16.8. The first-order valence-electron chi connectivity index (χ1n) is 7.68. The van der Waals surface area contributed by atoms with Crippen LogP contribution >= 0.6 is 0 Å². The number of methoxy groups -OCH3 is 1. The average molecular weight is 302 g/mol. The van der Waals surface area contributed by atoms with Gasteiger partial charge in [0.2, 0.25) is 5.91 Å². The number of likely N-dealkylation sites (N-methyl/N-ethyl adjacent to an activating group) is 1. The molecule has 1 aromatic heterocycles. The molecule has 0 aliphatic carbocycles. The number of hydrogen-bond acceptors (Lipinski definition) is 4. The van der Waals surface area contributed by atoms with E-state index in [4.69, 9.17) is 9.15 Å². The maximum atomic E-state index is 12.5. The van der Waals surface area contributed by atoms with Crippen LogP contribution in [0.2, 0.25) is 0 Å². The van der Waals surface area contributed by atoms with Gasteiger partial charge in [0.1, 0.15) is 11.3 Å². The van der Waals surface area contributed by atoms with Crippen molar-refractivity contribution >= 4 is 16.9 Å². The lowest BCUT2D eigenvalue weighted by Crippen LogP contribution is -2.35. The Morgan fingerprint density at radius 1 is 1.27 bits per heavy atom. The third-order valence-electron chi connectivity index (χ3n) is 4.28. The zero-order chi connectivity index (χ0) is 15.5. The molecular formula is C17H22N2O3. The number of hydrogen-bond donors (Lipinski definition) is 0. The van der Waals surface area contributed by atoms with Crippen LogP contribution in [0.25, 0.3) is 11.0 Å². The van der Waals surface area contributed by atoms with E-state index in [9.17, 15) is 4.79 Å². The molecule has 5 nitrogen and oxygen atoms in total. The second kappa shape index (κ2) is 6.40. The molecule has 22 heavy (non-hydrogen) atoms. The van der Waals surface area contributed by atoms with Gasteiger partial charge in [-0.25, -0.2) is 0 Å². The molecule has 1 saturated heterocycles. The third kappa shape index (κ3) is 3.09. The lowest BCUT2D eigenvalue weighted by atomic mass is 10.1. The highest BCUT2D eigenvalue weighted by molar-refractivity contribution is 5.88. The Bertz CT molecular complexity index is 665. The van der Waals surface area contributed by atoms with Crippen molar-refractivity contribution in [2.45, 2.75) is 12.8 Å². The van der Waals surface area contributed by atoms with E-state index in [0.717, 1.165) is 54.9 Å². The third-order valence-corrected chi connectivity index (χ3v) is 4.28. The predicted octanol–water partition coefficient (Wildman–Crippen LogP) is 2.15. The van der Waals surface area contributed by atoms with Crippen LogP contribution in [0.4, 0.5) is 0 Å². The van der Waals surface area contributed by atoms with Crippen LogP contribution < -0.4 is 4.74 Å². The molecule has 5 heteroatoms. The van der Waals surface area contributed by atoms with Crippen molar-refractivity contribution in [2.75, 3.05) is 40.3 Å². The summed E-state index contributed by atoms with van der Waals surface area (Å²) in [7, 11) is 3.73. The summed E-state index contributed by atoms with van der Waals surface area (Å²) >= 11 is 0. The highest BCUT2D eigenvalue weighted by Gasteiger charge is 2.19. The number of amides is 1. The smallest absolute Gasteiger partial charge is 0.227 e. The molecule has 1 aliphatic rings. The number of ether oxygens (including phenoxy) is 1. The van der Waals surface area contributed by atoms with Gasteiger partial charge in [-0.3, -0.25) is 4.79 Å². The quantitative estimate of drug-likeness (QED) is 0.871. The zero-order valence-corrected chi connectivity index (χ0v) is 13.2. The summed E-state index contributed by atoms with van der Waals surface area (Å²) in [5, 5.41) is 0.987. The van der Waals surface area contributed by atoms with E-state index in [-0.39, 0.29) is 5.91 Å². The van der Waals surface area contributed by atoms with Gasteiger partial charge in [-0.05, 0) is 32.1 Å².